The fraction of sp³-hybridized carbons (Fsp3) is 0.0625. The SMILES string of the molecule is Cn1c(=O)c(-n2ncc3ccccc32)nc2ccccc21. The third kappa shape index (κ3) is 1.67. The average molecular weight is 276 g/mol. The summed E-state index contributed by atoms with van der Waals surface area (Å²) in [5.74, 6) is 0.317. The second kappa shape index (κ2) is 4.28. The summed E-state index contributed by atoms with van der Waals surface area (Å²) in [5.41, 5.74) is 2.29. The van der Waals surface area contributed by atoms with Crippen LogP contribution in [0.2, 0.25) is 0 Å². The van der Waals surface area contributed by atoms with E-state index in [4.69, 9.17) is 0 Å². The Labute approximate surface area is 120 Å². The van der Waals surface area contributed by atoms with Crippen LogP contribution in [-0.4, -0.2) is 19.3 Å². The number of hydrogen-bond acceptors (Lipinski definition) is 3. The third-order valence-corrected chi connectivity index (χ3v) is 3.64. The molecule has 0 saturated carbocycles. The molecule has 0 saturated heterocycles. The van der Waals surface area contributed by atoms with Crippen molar-refractivity contribution in [1.29, 1.82) is 0 Å². The van der Waals surface area contributed by atoms with Gasteiger partial charge in [0.25, 0.3) is 5.56 Å². The van der Waals surface area contributed by atoms with Crippen LogP contribution in [0.3, 0.4) is 0 Å². The van der Waals surface area contributed by atoms with Gasteiger partial charge in [0, 0.05) is 12.4 Å². The number of benzene rings is 2. The first-order valence-corrected chi connectivity index (χ1v) is 6.64. The highest BCUT2D eigenvalue weighted by molar-refractivity contribution is 5.80. The number of para-hydroxylation sites is 3. The number of rotatable bonds is 1. The lowest BCUT2D eigenvalue weighted by Crippen LogP contribution is -2.24. The summed E-state index contributed by atoms with van der Waals surface area (Å²) in [5, 5.41) is 5.30. The second-order valence-corrected chi connectivity index (χ2v) is 4.90. The highest BCUT2D eigenvalue weighted by Gasteiger charge is 2.13. The first kappa shape index (κ1) is 11.8. The fourth-order valence-electron chi connectivity index (χ4n) is 2.54. The van der Waals surface area contributed by atoms with Gasteiger partial charge in [0.1, 0.15) is 0 Å². The van der Waals surface area contributed by atoms with Gasteiger partial charge in [-0.25, -0.2) is 9.67 Å². The average Bonchev–Trinajstić information content (AvgIpc) is 2.95. The summed E-state index contributed by atoms with van der Waals surface area (Å²) in [6.45, 7) is 0. The van der Waals surface area contributed by atoms with Crippen molar-refractivity contribution in [2.45, 2.75) is 0 Å². The molecule has 5 heteroatoms. The van der Waals surface area contributed by atoms with E-state index in [9.17, 15) is 4.79 Å². The van der Waals surface area contributed by atoms with Crippen molar-refractivity contribution in [2.75, 3.05) is 0 Å². The van der Waals surface area contributed by atoms with Crippen LogP contribution < -0.4 is 5.56 Å². The van der Waals surface area contributed by atoms with Crippen molar-refractivity contribution in [2.24, 2.45) is 7.05 Å². The Morgan fingerprint density at radius 2 is 1.67 bits per heavy atom. The molecule has 0 fully saturated rings. The predicted molar refractivity (Wildman–Crippen MR) is 81.6 cm³/mol. The Hall–Kier alpha value is -2.95. The Morgan fingerprint density at radius 3 is 2.52 bits per heavy atom. The number of aryl methyl sites for hydroxylation is 1. The van der Waals surface area contributed by atoms with E-state index < -0.39 is 0 Å². The number of nitrogens with zero attached hydrogens (tertiary/aromatic N) is 4. The normalized spacial score (nSPS) is 11.3. The maximum Gasteiger partial charge on any atom is 0.295 e. The van der Waals surface area contributed by atoms with Crippen molar-refractivity contribution in [3.05, 3.63) is 65.1 Å². The number of fused-ring (bicyclic) bond motifs is 2. The minimum atomic E-state index is -0.164. The van der Waals surface area contributed by atoms with Gasteiger partial charge in [-0.3, -0.25) is 4.79 Å². The Bertz CT molecular complexity index is 1030. The van der Waals surface area contributed by atoms with E-state index >= 15 is 0 Å². The standard InChI is InChI=1S/C16H12N4O/c1-19-14-9-5-3-7-12(14)18-15(16(19)21)20-13-8-4-2-6-11(13)10-17-20/h2-10H,1H3. The summed E-state index contributed by atoms with van der Waals surface area (Å²) in [6, 6.07) is 15.3. The van der Waals surface area contributed by atoms with Crippen molar-refractivity contribution in [3.8, 4) is 5.82 Å². The highest BCUT2D eigenvalue weighted by atomic mass is 16.1. The lowest BCUT2D eigenvalue weighted by Gasteiger charge is -2.08. The van der Waals surface area contributed by atoms with E-state index in [1.54, 1.807) is 22.5 Å². The van der Waals surface area contributed by atoms with Gasteiger partial charge in [-0.15, -0.1) is 0 Å². The zero-order chi connectivity index (χ0) is 14.4. The minimum Gasteiger partial charge on any atom is -0.307 e. The Kier molecular flexibility index (Phi) is 2.41. The molecular weight excluding hydrogens is 264 g/mol. The summed E-state index contributed by atoms with van der Waals surface area (Å²) >= 11 is 0. The molecular formula is C16H12N4O. The van der Waals surface area contributed by atoms with Crippen LogP contribution in [0, 0.1) is 0 Å². The van der Waals surface area contributed by atoms with Gasteiger partial charge in [-0.05, 0) is 18.2 Å². The number of aromatic nitrogens is 4. The van der Waals surface area contributed by atoms with Gasteiger partial charge in [-0.1, -0.05) is 30.3 Å². The van der Waals surface area contributed by atoms with Crippen molar-refractivity contribution >= 4 is 21.9 Å². The van der Waals surface area contributed by atoms with Gasteiger partial charge in [0.2, 0.25) is 5.82 Å². The van der Waals surface area contributed by atoms with E-state index in [1.807, 2.05) is 48.5 Å². The molecule has 2 aromatic carbocycles. The summed E-state index contributed by atoms with van der Waals surface area (Å²) < 4.78 is 3.21. The van der Waals surface area contributed by atoms with E-state index in [1.165, 1.54) is 0 Å². The van der Waals surface area contributed by atoms with Crippen LogP contribution in [0.4, 0.5) is 0 Å². The van der Waals surface area contributed by atoms with Gasteiger partial charge in [0.05, 0.1) is 22.7 Å². The maximum atomic E-state index is 12.6. The first-order chi connectivity index (χ1) is 10.3. The highest BCUT2D eigenvalue weighted by Crippen LogP contribution is 2.16. The lowest BCUT2D eigenvalue weighted by molar-refractivity contribution is 0.809. The van der Waals surface area contributed by atoms with Crippen molar-refractivity contribution in [3.63, 3.8) is 0 Å². The molecule has 0 bridgehead atoms. The number of hydrogen-bond donors (Lipinski definition) is 0. The van der Waals surface area contributed by atoms with E-state index in [-0.39, 0.29) is 5.56 Å². The monoisotopic (exact) mass is 276 g/mol. The Balaban J connectivity index is 2.11. The summed E-state index contributed by atoms with van der Waals surface area (Å²) in [6.07, 6.45) is 1.74. The molecule has 0 spiro atoms. The van der Waals surface area contributed by atoms with Crippen molar-refractivity contribution in [1.82, 2.24) is 19.3 Å². The van der Waals surface area contributed by atoms with Gasteiger partial charge >= 0.3 is 0 Å². The Morgan fingerprint density at radius 1 is 0.952 bits per heavy atom. The zero-order valence-corrected chi connectivity index (χ0v) is 11.4. The van der Waals surface area contributed by atoms with Crippen LogP contribution in [0.1, 0.15) is 0 Å². The minimum absolute atomic E-state index is 0.164. The maximum absolute atomic E-state index is 12.6. The van der Waals surface area contributed by atoms with Gasteiger partial charge in [-0.2, -0.15) is 5.10 Å². The molecule has 5 nitrogen and oxygen atoms in total. The molecule has 4 rings (SSSR count). The largest absolute Gasteiger partial charge is 0.307 e. The van der Waals surface area contributed by atoms with Crippen LogP contribution >= 0.6 is 0 Å². The lowest BCUT2D eigenvalue weighted by atomic mass is 10.2. The molecule has 2 heterocycles. The van der Waals surface area contributed by atoms with E-state index in [2.05, 4.69) is 10.1 Å². The molecule has 0 aliphatic rings. The second-order valence-electron chi connectivity index (χ2n) is 4.90. The van der Waals surface area contributed by atoms with Crippen LogP contribution in [0.5, 0.6) is 0 Å². The van der Waals surface area contributed by atoms with E-state index in [0.29, 0.717) is 5.82 Å². The molecule has 102 valence electrons. The zero-order valence-electron chi connectivity index (χ0n) is 11.4. The van der Waals surface area contributed by atoms with E-state index in [0.717, 1.165) is 21.9 Å². The fourth-order valence-corrected chi connectivity index (χ4v) is 2.54. The quantitative estimate of drug-likeness (QED) is 0.536. The van der Waals surface area contributed by atoms with Crippen molar-refractivity contribution < 1.29 is 0 Å². The molecule has 4 aromatic rings. The van der Waals surface area contributed by atoms with Gasteiger partial charge in [0.15, 0.2) is 0 Å². The molecule has 0 unspecified atom stereocenters. The topological polar surface area (TPSA) is 52.7 Å². The summed E-state index contributed by atoms with van der Waals surface area (Å²) in [4.78, 5) is 17.1. The molecule has 0 atom stereocenters. The smallest absolute Gasteiger partial charge is 0.295 e. The van der Waals surface area contributed by atoms with Crippen LogP contribution in [-0.2, 0) is 7.05 Å². The van der Waals surface area contributed by atoms with Crippen LogP contribution in [0.15, 0.2) is 59.5 Å². The predicted octanol–water partition coefficient (Wildman–Crippen LogP) is 2.27. The molecule has 0 radical (unpaired) electrons. The first-order valence-electron chi connectivity index (χ1n) is 6.64. The molecule has 2 aromatic heterocycles. The third-order valence-electron chi connectivity index (χ3n) is 3.64. The summed E-state index contributed by atoms with van der Waals surface area (Å²) in [7, 11) is 1.75. The molecule has 21 heavy (non-hydrogen) atoms. The van der Waals surface area contributed by atoms with Gasteiger partial charge < -0.3 is 4.57 Å². The van der Waals surface area contributed by atoms with Crippen LogP contribution in [0.25, 0.3) is 27.8 Å². The molecule has 0 aliphatic carbocycles. The molecule has 0 aliphatic heterocycles. The molecule has 0 amide bonds. The molecule has 0 N–H and O–H groups in total.